The molecule has 3 aromatic rings. The van der Waals surface area contributed by atoms with E-state index in [1.165, 1.54) is 51.9 Å². The van der Waals surface area contributed by atoms with Gasteiger partial charge in [0.1, 0.15) is 16.4 Å². The molecule has 174 valence electrons. The van der Waals surface area contributed by atoms with E-state index in [2.05, 4.69) is 5.32 Å². The summed E-state index contributed by atoms with van der Waals surface area (Å²) in [6.45, 7) is 0. The van der Waals surface area contributed by atoms with Gasteiger partial charge in [0.15, 0.2) is 11.5 Å². The average Bonchev–Trinajstić information content (AvgIpc) is 3.27. The molecule has 0 fully saturated rings. The van der Waals surface area contributed by atoms with Crippen LogP contribution in [0.1, 0.15) is 22.8 Å². The number of ether oxygens (including phenoxy) is 4. The molecule has 10 heteroatoms. The topological polar surface area (TPSA) is 100 Å². The third-order valence-electron chi connectivity index (χ3n) is 5.53. The number of carbonyl (C=O) groups excluding carboxylic acids is 1. The van der Waals surface area contributed by atoms with Crippen molar-refractivity contribution in [2.75, 3.05) is 33.8 Å². The number of amides is 1. The van der Waals surface area contributed by atoms with Gasteiger partial charge in [-0.2, -0.15) is 0 Å². The number of methoxy groups -OCH3 is 4. The molecule has 0 saturated carbocycles. The number of rotatable bonds is 7. The fourth-order valence-corrected chi connectivity index (χ4v) is 6.76. The van der Waals surface area contributed by atoms with Gasteiger partial charge < -0.3 is 24.3 Å². The Morgan fingerprint density at radius 2 is 1.55 bits per heavy atom. The molecule has 2 heterocycles. The summed E-state index contributed by atoms with van der Waals surface area (Å²) in [5.41, 5.74) is 1.01. The van der Waals surface area contributed by atoms with Gasteiger partial charge in [-0.15, -0.1) is 11.3 Å². The largest absolute Gasteiger partial charge is 0.497 e. The Morgan fingerprint density at radius 1 is 0.909 bits per heavy atom. The van der Waals surface area contributed by atoms with Crippen molar-refractivity contribution in [1.29, 1.82) is 0 Å². The third kappa shape index (κ3) is 4.00. The molecule has 2 aromatic carbocycles. The van der Waals surface area contributed by atoms with Crippen LogP contribution in [0.4, 0.5) is 5.69 Å². The number of hydrogen-bond donors (Lipinski definition) is 1. The van der Waals surface area contributed by atoms with Crippen LogP contribution in [-0.4, -0.2) is 42.8 Å². The lowest BCUT2D eigenvalue weighted by atomic mass is 9.89. The van der Waals surface area contributed by atoms with Crippen molar-refractivity contribution in [3.05, 3.63) is 52.2 Å². The molecule has 1 aromatic heterocycles. The van der Waals surface area contributed by atoms with Gasteiger partial charge in [-0.25, -0.2) is 8.42 Å². The van der Waals surface area contributed by atoms with E-state index in [0.717, 1.165) is 4.88 Å². The van der Waals surface area contributed by atoms with E-state index < -0.39 is 15.8 Å². The Bertz CT molecular complexity index is 1300. The molecule has 1 atom stereocenters. The minimum absolute atomic E-state index is 0.0603. The highest BCUT2D eigenvalue weighted by Crippen LogP contribution is 2.49. The maximum Gasteiger partial charge on any atom is 0.225 e. The molecular formula is C23H23NO7S2. The number of sulfone groups is 1. The molecule has 1 aliphatic heterocycles. The Kier molecular flexibility index (Phi) is 6.22. The van der Waals surface area contributed by atoms with Crippen LogP contribution < -0.4 is 24.3 Å². The first-order chi connectivity index (χ1) is 15.8. The number of hydrogen-bond acceptors (Lipinski definition) is 8. The van der Waals surface area contributed by atoms with Gasteiger partial charge in [-0.3, -0.25) is 4.79 Å². The number of benzene rings is 2. The summed E-state index contributed by atoms with van der Waals surface area (Å²) in [4.78, 5) is 13.6. The van der Waals surface area contributed by atoms with Crippen molar-refractivity contribution in [1.82, 2.24) is 0 Å². The summed E-state index contributed by atoms with van der Waals surface area (Å²) in [6.07, 6.45) is 0.140. The summed E-state index contributed by atoms with van der Waals surface area (Å²) in [5.74, 6) is 1.36. The summed E-state index contributed by atoms with van der Waals surface area (Å²) in [7, 11) is 2.23. The Hall–Kier alpha value is -3.24. The van der Waals surface area contributed by atoms with Gasteiger partial charge >= 0.3 is 0 Å². The molecule has 0 radical (unpaired) electrons. The zero-order chi connectivity index (χ0) is 23.8. The first kappa shape index (κ1) is 22.9. The maximum atomic E-state index is 13.4. The lowest BCUT2D eigenvalue weighted by Gasteiger charge is -2.26. The molecule has 1 aliphatic rings. The third-order valence-corrected chi connectivity index (χ3v) is 8.57. The van der Waals surface area contributed by atoms with Crippen molar-refractivity contribution in [2.24, 2.45) is 0 Å². The van der Waals surface area contributed by atoms with Gasteiger partial charge in [-0.05, 0) is 30.3 Å². The molecule has 8 nitrogen and oxygen atoms in total. The van der Waals surface area contributed by atoms with Crippen molar-refractivity contribution in [2.45, 2.75) is 22.1 Å². The van der Waals surface area contributed by atoms with E-state index in [1.807, 2.05) is 0 Å². The van der Waals surface area contributed by atoms with E-state index >= 15 is 0 Å². The zero-order valence-corrected chi connectivity index (χ0v) is 20.1. The van der Waals surface area contributed by atoms with Crippen LogP contribution in [0.25, 0.3) is 0 Å². The van der Waals surface area contributed by atoms with Crippen LogP contribution in [0.3, 0.4) is 0 Å². The summed E-state index contributed by atoms with van der Waals surface area (Å²) in [5, 5.41) is 4.33. The maximum absolute atomic E-state index is 13.4. The number of anilines is 1. The Morgan fingerprint density at radius 3 is 2.15 bits per heavy atom. The first-order valence-electron chi connectivity index (χ1n) is 9.94. The SMILES string of the molecule is COc1ccc(S(=O)(=O)c2csc3c2NC(=O)C[C@H]3c2cc(OC)c(OC)cc2OC)cc1. The summed E-state index contributed by atoms with van der Waals surface area (Å²) >= 11 is 1.28. The van der Waals surface area contributed by atoms with Crippen LogP contribution in [0.2, 0.25) is 0 Å². The fourth-order valence-electron chi connectivity index (χ4n) is 3.86. The second-order valence-corrected chi connectivity index (χ2v) is 10.1. The Labute approximate surface area is 196 Å². The van der Waals surface area contributed by atoms with Crippen LogP contribution in [0.5, 0.6) is 23.0 Å². The average molecular weight is 490 g/mol. The van der Waals surface area contributed by atoms with Gasteiger partial charge in [0, 0.05) is 34.2 Å². The molecule has 1 amide bonds. The molecule has 4 rings (SSSR count). The number of nitrogens with one attached hydrogen (secondary N) is 1. The van der Waals surface area contributed by atoms with Crippen molar-refractivity contribution in [3.8, 4) is 23.0 Å². The van der Waals surface area contributed by atoms with Crippen LogP contribution in [0.15, 0.2) is 51.6 Å². The minimum Gasteiger partial charge on any atom is -0.497 e. The van der Waals surface area contributed by atoms with Crippen molar-refractivity contribution in [3.63, 3.8) is 0 Å². The highest BCUT2D eigenvalue weighted by Gasteiger charge is 2.36. The predicted molar refractivity (Wildman–Crippen MR) is 124 cm³/mol. The monoisotopic (exact) mass is 489 g/mol. The van der Waals surface area contributed by atoms with E-state index in [0.29, 0.717) is 34.2 Å². The first-order valence-corrected chi connectivity index (χ1v) is 12.3. The molecule has 0 spiro atoms. The quantitative estimate of drug-likeness (QED) is 0.534. The highest BCUT2D eigenvalue weighted by atomic mass is 32.2. The normalized spacial score (nSPS) is 15.4. The lowest BCUT2D eigenvalue weighted by molar-refractivity contribution is -0.116. The van der Waals surface area contributed by atoms with Gasteiger partial charge in [0.25, 0.3) is 0 Å². The number of fused-ring (bicyclic) bond motifs is 1. The van der Waals surface area contributed by atoms with Gasteiger partial charge in [-0.1, -0.05) is 0 Å². The smallest absolute Gasteiger partial charge is 0.225 e. The van der Waals surface area contributed by atoms with Crippen LogP contribution >= 0.6 is 11.3 Å². The summed E-state index contributed by atoms with van der Waals surface area (Å²) in [6, 6.07) is 9.60. The molecule has 33 heavy (non-hydrogen) atoms. The van der Waals surface area contributed by atoms with Gasteiger partial charge in [0.2, 0.25) is 15.7 Å². The molecule has 0 saturated heterocycles. The van der Waals surface area contributed by atoms with E-state index in [1.54, 1.807) is 29.6 Å². The zero-order valence-electron chi connectivity index (χ0n) is 18.5. The molecule has 0 unspecified atom stereocenters. The Balaban J connectivity index is 1.83. The predicted octanol–water partition coefficient (Wildman–Crippen LogP) is 4.09. The number of carbonyl (C=O) groups is 1. The minimum atomic E-state index is -3.87. The van der Waals surface area contributed by atoms with Crippen LogP contribution in [-0.2, 0) is 14.6 Å². The highest BCUT2D eigenvalue weighted by molar-refractivity contribution is 7.91. The standard InChI is InChI=1S/C23H23NO7S2/c1-28-13-5-7-14(8-6-13)33(26,27)20-12-32-23-16(10-21(25)24-22(20)23)15-9-18(30-3)19(31-4)11-17(15)29-2/h5-9,11-12,16H,10H2,1-4H3,(H,24,25)/t16-/m0/s1. The fraction of sp³-hybridized carbons (Fsp3) is 0.261. The molecule has 0 bridgehead atoms. The van der Waals surface area contributed by atoms with Crippen LogP contribution in [0, 0.1) is 0 Å². The van der Waals surface area contributed by atoms with Crippen molar-refractivity contribution >= 4 is 32.8 Å². The van der Waals surface area contributed by atoms with E-state index in [4.69, 9.17) is 18.9 Å². The van der Waals surface area contributed by atoms with E-state index in [9.17, 15) is 13.2 Å². The van der Waals surface area contributed by atoms with E-state index in [-0.39, 0.29) is 22.1 Å². The lowest BCUT2D eigenvalue weighted by Crippen LogP contribution is -2.23. The number of thiophene rings is 1. The van der Waals surface area contributed by atoms with Gasteiger partial charge in [0.05, 0.1) is 39.0 Å². The summed E-state index contributed by atoms with van der Waals surface area (Å²) < 4.78 is 48.2. The molecule has 0 aliphatic carbocycles. The molecular weight excluding hydrogens is 466 g/mol. The second kappa shape index (κ2) is 8.95. The molecule has 1 N–H and O–H groups in total. The van der Waals surface area contributed by atoms with Crippen molar-refractivity contribution < 1.29 is 32.2 Å². The second-order valence-electron chi connectivity index (χ2n) is 7.27.